The molecule has 1 heterocycles. The standard InChI is InChI=1S/C17H26N2O3S/c1-4-10-23(21,22)19-9-5-6-15(12-19)17(20)18-16-8-7-13(2)11-14(16)3/h7-8,11,15H,4-6,9-10,12H2,1-3H3,(H,18,20)/t15-/m1/s1. The number of carbonyl (C=O) groups excluding carboxylic acids is 1. The van der Waals surface area contributed by atoms with Crippen molar-refractivity contribution in [2.24, 2.45) is 5.92 Å². The van der Waals surface area contributed by atoms with Crippen LogP contribution in [0.1, 0.15) is 37.3 Å². The summed E-state index contributed by atoms with van der Waals surface area (Å²) in [4.78, 5) is 12.5. The van der Waals surface area contributed by atoms with E-state index in [0.717, 1.165) is 29.7 Å². The lowest BCUT2D eigenvalue weighted by atomic mass is 9.98. The molecule has 1 saturated heterocycles. The molecular weight excluding hydrogens is 312 g/mol. The van der Waals surface area contributed by atoms with Gasteiger partial charge in [-0.05, 0) is 44.7 Å². The fraction of sp³-hybridized carbons (Fsp3) is 0.588. The first-order valence-electron chi connectivity index (χ1n) is 8.19. The van der Waals surface area contributed by atoms with Gasteiger partial charge in [-0.2, -0.15) is 0 Å². The lowest BCUT2D eigenvalue weighted by Crippen LogP contribution is -2.44. The second-order valence-corrected chi connectivity index (χ2v) is 8.41. The van der Waals surface area contributed by atoms with Crippen LogP contribution in [0.15, 0.2) is 18.2 Å². The number of benzene rings is 1. The summed E-state index contributed by atoms with van der Waals surface area (Å²) in [7, 11) is -3.23. The highest BCUT2D eigenvalue weighted by molar-refractivity contribution is 7.89. The van der Waals surface area contributed by atoms with Crippen LogP contribution in [0, 0.1) is 19.8 Å². The topological polar surface area (TPSA) is 66.5 Å². The fourth-order valence-electron chi connectivity index (χ4n) is 2.98. The van der Waals surface area contributed by atoms with E-state index in [2.05, 4.69) is 5.32 Å². The summed E-state index contributed by atoms with van der Waals surface area (Å²) in [5.41, 5.74) is 2.97. The van der Waals surface area contributed by atoms with E-state index >= 15 is 0 Å². The summed E-state index contributed by atoms with van der Waals surface area (Å²) in [6.45, 7) is 6.64. The monoisotopic (exact) mass is 338 g/mol. The van der Waals surface area contributed by atoms with Gasteiger partial charge in [-0.3, -0.25) is 4.79 Å². The van der Waals surface area contributed by atoms with E-state index in [4.69, 9.17) is 0 Å². The third-order valence-corrected chi connectivity index (χ3v) is 6.29. The zero-order chi connectivity index (χ0) is 17.0. The summed E-state index contributed by atoms with van der Waals surface area (Å²) >= 11 is 0. The van der Waals surface area contributed by atoms with Gasteiger partial charge in [0.1, 0.15) is 0 Å². The zero-order valence-electron chi connectivity index (χ0n) is 14.1. The number of anilines is 1. The Labute approximate surface area is 139 Å². The molecule has 1 aliphatic rings. The van der Waals surface area contributed by atoms with Gasteiger partial charge in [-0.15, -0.1) is 0 Å². The van der Waals surface area contributed by atoms with Crippen LogP contribution in [0.4, 0.5) is 5.69 Å². The van der Waals surface area contributed by atoms with Crippen molar-refractivity contribution in [1.82, 2.24) is 4.31 Å². The van der Waals surface area contributed by atoms with Crippen molar-refractivity contribution in [2.45, 2.75) is 40.0 Å². The predicted octanol–water partition coefficient (Wildman–Crippen LogP) is 2.69. The van der Waals surface area contributed by atoms with E-state index in [9.17, 15) is 13.2 Å². The number of rotatable bonds is 5. The molecule has 1 aliphatic heterocycles. The summed E-state index contributed by atoms with van der Waals surface area (Å²) in [5, 5.41) is 2.95. The molecule has 0 unspecified atom stereocenters. The molecule has 23 heavy (non-hydrogen) atoms. The number of piperidine rings is 1. The predicted molar refractivity (Wildman–Crippen MR) is 92.9 cm³/mol. The van der Waals surface area contributed by atoms with Gasteiger partial charge in [0.15, 0.2) is 0 Å². The zero-order valence-corrected chi connectivity index (χ0v) is 14.9. The second kappa shape index (κ2) is 7.45. The Morgan fingerprint density at radius 2 is 2.09 bits per heavy atom. The highest BCUT2D eigenvalue weighted by Gasteiger charge is 2.31. The van der Waals surface area contributed by atoms with Crippen LogP contribution in [-0.2, 0) is 14.8 Å². The van der Waals surface area contributed by atoms with Crippen LogP contribution >= 0.6 is 0 Å². The summed E-state index contributed by atoms with van der Waals surface area (Å²) < 4.78 is 25.9. The Balaban J connectivity index is 2.05. The molecular formula is C17H26N2O3S. The number of nitrogens with one attached hydrogen (secondary N) is 1. The van der Waals surface area contributed by atoms with Gasteiger partial charge < -0.3 is 5.32 Å². The average Bonchev–Trinajstić information content (AvgIpc) is 2.50. The second-order valence-electron chi connectivity index (χ2n) is 6.32. The maximum Gasteiger partial charge on any atom is 0.228 e. The quantitative estimate of drug-likeness (QED) is 0.897. The maximum atomic E-state index is 12.5. The third kappa shape index (κ3) is 4.54. The number of hydrogen-bond acceptors (Lipinski definition) is 3. The van der Waals surface area contributed by atoms with Crippen molar-refractivity contribution in [2.75, 3.05) is 24.2 Å². The van der Waals surface area contributed by atoms with Gasteiger partial charge in [-0.25, -0.2) is 12.7 Å². The van der Waals surface area contributed by atoms with Gasteiger partial charge in [0, 0.05) is 18.8 Å². The van der Waals surface area contributed by atoms with Crippen LogP contribution in [0.2, 0.25) is 0 Å². The molecule has 1 aromatic rings. The smallest absolute Gasteiger partial charge is 0.228 e. The number of aryl methyl sites for hydroxylation is 2. The van der Waals surface area contributed by atoms with Crippen molar-refractivity contribution in [3.63, 3.8) is 0 Å². The first kappa shape index (κ1) is 17.9. The number of nitrogens with zero attached hydrogens (tertiary/aromatic N) is 1. The van der Waals surface area contributed by atoms with Crippen molar-refractivity contribution in [3.05, 3.63) is 29.3 Å². The molecule has 6 heteroatoms. The van der Waals surface area contributed by atoms with Gasteiger partial charge in [0.25, 0.3) is 0 Å². The van der Waals surface area contributed by atoms with E-state index in [0.29, 0.717) is 19.5 Å². The van der Waals surface area contributed by atoms with E-state index in [-0.39, 0.29) is 17.6 Å². The minimum atomic E-state index is -3.23. The van der Waals surface area contributed by atoms with Crippen LogP contribution in [0.25, 0.3) is 0 Å². The maximum absolute atomic E-state index is 12.5. The van der Waals surface area contributed by atoms with E-state index in [1.807, 2.05) is 39.0 Å². The van der Waals surface area contributed by atoms with E-state index < -0.39 is 10.0 Å². The first-order valence-corrected chi connectivity index (χ1v) is 9.80. The molecule has 0 aromatic heterocycles. The van der Waals surface area contributed by atoms with Crippen molar-refractivity contribution >= 4 is 21.6 Å². The number of amides is 1. The summed E-state index contributed by atoms with van der Waals surface area (Å²) in [5.74, 6) is -0.220. The van der Waals surface area contributed by atoms with Gasteiger partial charge in [0.2, 0.25) is 15.9 Å². The van der Waals surface area contributed by atoms with Crippen molar-refractivity contribution in [3.8, 4) is 0 Å². The normalized spacial score (nSPS) is 19.5. The average molecular weight is 338 g/mol. The van der Waals surface area contributed by atoms with Gasteiger partial charge in [-0.1, -0.05) is 24.6 Å². The van der Waals surface area contributed by atoms with Gasteiger partial charge in [0.05, 0.1) is 11.7 Å². The van der Waals surface area contributed by atoms with Crippen LogP contribution in [-0.4, -0.2) is 37.5 Å². The van der Waals surface area contributed by atoms with E-state index in [1.165, 1.54) is 4.31 Å². The fourth-order valence-corrected chi connectivity index (χ4v) is 4.57. The first-order chi connectivity index (χ1) is 10.8. The van der Waals surface area contributed by atoms with Crippen LogP contribution in [0.5, 0.6) is 0 Å². The Morgan fingerprint density at radius 3 is 2.74 bits per heavy atom. The molecule has 128 valence electrons. The van der Waals surface area contributed by atoms with Crippen molar-refractivity contribution < 1.29 is 13.2 Å². The lowest BCUT2D eigenvalue weighted by Gasteiger charge is -2.31. The summed E-state index contributed by atoms with van der Waals surface area (Å²) in [6, 6.07) is 5.88. The Kier molecular flexibility index (Phi) is 5.81. The van der Waals surface area contributed by atoms with Gasteiger partial charge >= 0.3 is 0 Å². The molecule has 0 radical (unpaired) electrons. The van der Waals surface area contributed by atoms with Crippen LogP contribution < -0.4 is 5.32 Å². The van der Waals surface area contributed by atoms with Crippen LogP contribution in [0.3, 0.4) is 0 Å². The molecule has 1 aromatic carbocycles. The summed E-state index contributed by atoms with van der Waals surface area (Å²) in [6.07, 6.45) is 2.06. The molecule has 1 amide bonds. The SMILES string of the molecule is CCCS(=O)(=O)N1CCC[C@@H](C(=O)Nc2ccc(C)cc2C)C1. The Bertz CT molecular complexity index is 670. The highest BCUT2D eigenvalue weighted by atomic mass is 32.2. The van der Waals surface area contributed by atoms with E-state index in [1.54, 1.807) is 0 Å². The number of carbonyl (C=O) groups is 1. The minimum absolute atomic E-state index is 0.0895. The third-order valence-electron chi connectivity index (χ3n) is 4.25. The molecule has 0 bridgehead atoms. The molecule has 1 fully saturated rings. The minimum Gasteiger partial charge on any atom is -0.326 e. The lowest BCUT2D eigenvalue weighted by molar-refractivity contribution is -0.120. The molecule has 2 rings (SSSR count). The molecule has 0 aliphatic carbocycles. The Morgan fingerprint density at radius 1 is 1.35 bits per heavy atom. The Hall–Kier alpha value is -1.40. The molecule has 0 saturated carbocycles. The molecule has 0 spiro atoms. The largest absolute Gasteiger partial charge is 0.326 e. The molecule has 5 nitrogen and oxygen atoms in total. The highest BCUT2D eigenvalue weighted by Crippen LogP contribution is 2.23. The number of hydrogen-bond donors (Lipinski definition) is 1. The number of sulfonamides is 1. The molecule has 1 atom stereocenters. The molecule has 1 N–H and O–H groups in total. The van der Waals surface area contributed by atoms with Crippen molar-refractivity contribution in [1.29, 1.82) is 0 Å².